The highest BCUT2D eigenvalue weighted by molar-refractivity contribution is 6.31. The zero-order chi connectivity index (χ0) is 29.5. The van der Waals surface area contributed by atoms with Crippen molar-refractivity contribution in [2.45, 2.75) is 65.5 Å². The Morgan fingerprint density at radius 1 is 0.881 bits per heavy atom. The predicted octanol–water partition coefficient (Wildman–Crippen LogP) is 6.01. The van der Waals surface area contributed by atoms with Gasteiger partial charge in [-0.3, -0.25) is 9.69 Å². The summed E-state index contributed by atoms with van der Waals surface area (Å²) in [5.74, 6) is 2.10. The number of benzene rings is 2. The van der Waals surface area contributed by atoms with Crippen molar-refractivity contribution >= 4 is 23.6 Å². The van der Waals surface area contributed by atoms with Crippen LogP contribution in [0.25, 0.3) is 11.1 Å². The predicted molar refractivity (Wildman–Crippen MR) is 168 cm³/mol. The maximum atomic E-state index is 13.1. The van der Waals surface area contributed by atoms with Crippen LogP contribution in [0.5, 0.6) is 0 Å². The Balaban J connectivity index is 1.22. The van der Waals surface area contributed by atoms with Gasteiger partial charge in [-0.25, -0.2) is 4.79 Å². The van der Waals surface area contributed by atoms with Crippen molar-refractivity contribution in [3.05, 3.63) is 58.1 Å². The molecule has 228 valence electrons. The van der Waals surface area contributed by atoms with Gasteiger partial charge in [-0.15, -0.1) is 0 Å². The van der Waals surface area contributed by atoms with Gasteiger partial charge in [-0.1, -0.05) is 23.7 Å². The highest BCUT2D eigenvalue weighted by Gasteiger charge is 2.30. The molecule has 3 saturated heterocycles. The molecule has 2 aromatic rings. The maximum Gasteiger partial charge on any atom is 0.410 e. The monoisotopic (exact) mass is 594 g/mol. The molecule has 8 heteroatoms. The van der Waals surface area contributed by atoms with E-state index in [4.69, 9.17) is 16.3 Å². The number of amides is 2. The largest absolute Gasteiger partial charge is 0.445 e. The van der Waals surface area contributed by atoms with E-state index < -0.39 is 0 Å². The quantitative estimate of drug-likeness (QED) is 0.391. The third kappa shape index (κ3) is 8.71. The third-order valence-corrected chi connectivity index (χ3v) is 9.61. The van der Waals surface area contributed by atoms with Gasteiger partial charge in [0.15, 0.2) is 0 Å². The lowest BCUT2D eigenvalue weighted by Gasteiger charge is -2.37. The van der Waals surface area contributed by atoms with Crippen LogP contribution >= 0.6 is 11.6 Å². The molecule has 0 atom stereocenters. The number of nitrogens with one attached hydrogen (secondary N) is 2. The van der Waals surface area contributed by atoms with Crippen LogP contribution in [-0.2, 0) is 22.7 Å². The molecule has 2 aromatic carbocycles. The number of rotatable bonds is 8. The lowest BCUT2D eigenvalue weighted by Crippen LogP contribution is -2.42. The summed E-state index contributed by atoms with van der Waals surface area (Å²) in [6.07, 6.45) is 6.62. The zero-order valence-corrected chi connectivity index (χ0v) is 26.1. The van der Waals surface area contributed by atoms with Crippen molar-refractivity contribution in [2.75, 3.05) is 45.8 Å². The highest BCUT2D eigenvalue weighted by Crippen LogP contribution is 2.32. The van der Waals surface area contributed by atoms with Gasteiger partial charge in [-0.05, 0) is 141 Å². The van der Waals surface area contributed by atoms with Crippen molar-refractivity contribution in [1.82, 2.24) is 20.4 Å². The highest BCUT2D eigenvalue weighted by atomic mass is 35.5. The summed E-state index contributed by atoms with van der Waals surface area (Å²) >= 11 is 6.43. The smallest absolute Gasteiger partial charge is 0.410 e. The number of ether oxygens (including phenoxy) is 1. The van der Waals surface area contributed by atoms with Crippen LogP contribution in [0.3, 0.4) is 0 Å². The number of hydrogen-bond donors (Lipinski definition) is 2. The first kappa shape index (κ1) is 30.8. The van der Waals surface area contributed by atoms with Crippen LogP contribution in [-0.4, -0.2) is 67.6 Å². The minimum atomic E-state index is -0.203. The lowest BCUT2D eigenvalue weighted by atomic mass is 9.79. The van der Waals surface area contributed by atoms with Gasteiger partial charge in [0.05, 0.1) is 0 Å². The van der Waals surface area contributed by atoms with E-state index in [9.17, 15) is 9.59 Å². The first-order valence-corrected chi connectivity index (χ1v) is 16.2. The fraction of sp³-hybridized carbons (Fsp3) is 0.588. The maximum absolute atomic E-state index is 13.1. The summed E-state index contributed by atoms with van der Waals surface area (Å²) in [5.41, 5.74) is 5.49. The van der Waals surface area contributed by atoms with Gasteiger partial charge in [0, 0.05) is 38.1 Å². The fourth-order valence-electron chi connectivity index (χ4n) is 7.01. The lowest BCUT2D eigenvalue weighted by molar-refractivity contribution is -0.119. The standard InChI is InChI=1S/C34H47ClN4O3/c1-24-15-31(20-33(35)16-24)32-18-27(22-38-11-5-26(6-12-38)21-37-25(2)40)17-28(19-32)23-42-34(41)39-13-7-30(8-14-39)29-3-9-36-10-4-29/h15-20,26,29-30,36H,3-14,21-23H2,1-2H3,(H,37,40). The van der Waals surface area contributed by atoms with Gasteiger partial charge in [0.2, 0.25) is 5.91 Å². The molecule has 3 aliphatic rings. The molecule has 2 amide bonds. The van der Waals surface area contributed by atoms with Crippen LogP contribution in [0.4, 0.5) is 4.79 Å². The summed E-state index contributed by atoms with van der Waals surface area (Å²) in [7, 11) is 0. The van der Waals surface area contributed by atoms with Gasteiger partial charge < -0.3 is 20.3 Å². The van der Waals surface area contributed by atoms with Crippen LogP contribution in [0.15, 0.2) is 36.4 Å². The van der Waals surface area contributed by atoms with Gasteiger partial charge >= 0.3 is 6.09 Å². The van der Waals surface area contributed by atoms with Gasteiger partial charge in [0.25, 0.3) is 0 Å². The topological polar surface area (TPSA) is 73.9 Å². The molecule has 5 rings (SSSR count). The van der Waals surface area contributed by atoms with E-state index >= 15 is 0 Å². The van der Waals surface area contributed by atoms with Gasteiger partial charge in [-0.2, -0.15) is 0 Å². The fourth-order valence-corrected chi connectivity index (χ4v) is 7.30. The van der Waals surface area contributed by atoms with E-state index in [0.717, 1.165) is 117 Å². The Bertz CT molecular complexity index is 1200. The van der Waals surface area contributed by atoms with Crippen molar-refractivity contribution in [1.29, 1.82) is 0 Å². The number of carbonyl (C=O) groups is 2. The second-order valence-corrected chi connectivity index (χ2v) is 13.1. The molecule has 0 aliphatic carbocycles. The number of halogens is 1. The zero-order valence-electron chi connectivity index (χ0n) is 25.3. The van der Waals surface area contributed by atoms with Crippen LogP contribution in [0.2, 0.25) is 5.02 Å². The van der Waals surface area contributed by atoms with Crippen LogP contribution in [0.1, 0.15) is 62.1 Å². The summed E-state index contributed by atoms with van der Waals surface area (Å²) in [6.45, 7) is 11.3. The molecule has 3 aliphatic heterocycles. The van der Waals surface area contributed by atoms with E-state index in [1.54, 1.807) is 6.92 Å². The summed E-state index contributed by atoms with van der Waals surface area (Å²) < 4.78 is 5.89. The Morgan fingerprint density at radius 3 is 2.24 bits per heavy atom. The molecule has 42 heavy (non-hydrogen) atoms. The Kier molecular flexibility index (Phi) is 10.8. The first-order chi connectivity index (χ1) is 20.3. The number of piperidine rings is 3. The second kappa shape index (κ2) is 14.7. The minimum absolute atomic E-state index is 0.0421. The second-order valence-electron chi connectivity index (χ2n) is 12.7. The average molecular weight is 595 g/mol. The molecule has 0 bridgehead atoms. The summed E-state index contributed by atoms with van der Waals surface area (Å²) in [4.78, 5) is 28.8. The molecule has 3 fully saturated rings. The Morgan fingerprint density at radius 2 is 1.55 bits per heavy atom. The van der Waals surface area contributed by atoms with E-state index in [1.807, 2.05) is 17.0 Å². The van der Waals surface area contributed by atoms with Crippen molar-refractivity contribution in [3.63, 3.8) is 0 Å². The Labute approximate surface area is 256 Å². The normalized spacial score (nSPS) is 19.5. The Hall–Kier alpha value is -2.61. The van der Waals surface area contributed by atoms with E-state index in [-0.39, 0.29) is 18.6 Å². The molecule has 2 N–H and O–H groups in total. The molecule has 0 saturated carbocycles. The number of aryl methyl sites for hydroxylation is 1. The van der Waals surface area contributed by atoms with Crippen molar-refractivity contribution in [2.24, 2.45) is 17.8 Å². The van der Waals surface area contributed by atoms with Gasteiger partial charge in [0.1, 0.15) is 6.61 Å². The number of carbonyl (C=O) groups excluding carboxylic acids is 2. The molecule has 0 spiro atoms. The average Bonchev–Trinajstić information content (AvgIpc) is 2.99. The van der Waals surface area contributed by atoms with Crippen molar-refractivity contribution < 1.29 is 14.3 Å². The van der Waals surface area contributed by atoms with Crippen molar-refractivity contribution in [3.8, 4) is 11.1 Å². The van der Waals surface area contributed by atoms with Crippen LogP contribution < -0.4 is 10.6 Å². The SMILES string of the molecule is CC(=O)NCC1CCN(Cc2cc(COC(=O)N3CCC(C4CCNCC4)CC3)cc(-c3cc(C)cc(Cl)c3)c2)CC1. The molecular weight excluding hydrogens is 548 g/mol. The van der Waals surface area contributed by atoms with E-state index in [0.29, 0.717) is 5.92 Å². The van der Waals surface area contributed by atoms with Crippen LogP contribution in [0, 0.1) is 24.7 Å². The number of likely N-dealkylation sites (tertiary alicyclic amines) is 2. The third-order valence-electron chi connectivity index (χ3n) is 9.39. The minimum Gasteiger partial charge on any atom is -0.445 e. The molecular formula is C34H47ClN4O3. The summed E-state index contributed by atoms with van der Waals surface area (Å²) in [5, 5.41) is 7.15. The van der Waals surface area contributed by atoms with E-state index in [2.05, 4.69) is 46.7 Å². The number of nitrogens with zero attached hydrogens (tertiary/aromatic N) is 2. The molecule has 7 nitrogen and oxygen atoms in total. The molecule has 0 unspecified atom stereocenters. The van der Waals surface area contributed by atoms with E-state index in [1.165, 1.54) is 18.4 Å². The number of hydrogen-bond acceptors (Lipinski definition) is 5. The first-order valence-electron chi connectivity index (χ1n) is 15.8. The molecule has 0 aromatic heterocycles. The molecule has 3 heterocycles. The summed E-state index contributed by atoms with van der Waals surface area (Å²) in [6, 6.07) is 12.7. The molecule has 0 radical (unpaired) electrons.